The van der Waals surface area contributed by atoms with E-state index in [1.165, 1.54) is 6.20 Å². The summed E-state index contributed by atoms with van der Waals surface area (Å²) in [5.74, 6) is 0.675. The van der Waals surface area contributed by atoms with Crippen LogP contribution in [-0.4, -0.2) is 19.2 Å². The van der Waals surface area contributed by atoms with Crippen LogP contribution in [0.1, 0.15) is 12.5 Å². The summed E-state index contributed by atoms with van der Waals surface area (Å²) in [5, 5.41) is 3.82. The van der Waals surface area contributed by atoms with Crippen molar-refractivity contribution in [2.45, 2.75) is 13.5 Å². The predicted octanol–water partition coefficient (Wildman–Crippen LogP) is 3.11. The Bertz CT molecular complexity index is 702. The van der Waals surface area contributed by atoms with E-state index in [0.29, 0.717) is 23.1 Å². The minimum atomic E-state index is -3.27. The zero-order valence-electron chi connectivity index (χ0n) is 11.5. The van der Waals surface area contributed by atoms with E-state index in [1.807, 2.05) is 24.3 Å². The van der Waals surface area contributed by atoms with Crippen LogP contribution < -0.4 is 10.0 Å². The predicted molar refractivity (Wildman–Crippen MR) is 86.1 cm³/mol. The number of hydrogen-bond donors (Lipinski definition) is 2. The molecule has 1 aromatic heterocycles. The van der Waals surface area contributed by atoms with Crippen molar-refractivity contribution in [2.75, 3.05) is 15.8 Å². The minimum Gasteiger partial charge on any atom is -0.366 e. The molecule has 2 rings (SSSR count). The number of anilines is 2. The van der Waals surface area contributed by atoms with Gasteiger partial charge in [0.1, 0.15) is 5.82 Å². The number of rotatable bonds is 6. The zero-order chi connectivity index (χ0) is 15.3. The van der Waals surface area contributed by atoms with Crippen molar-refractivity contribution in [3.05, 3.63) is 53.2 Å². The molecule has 2 N–H and O–H groups in total. The molecule has 0 fully saturated rings. The molecule has 0 spiro atoms. The molecule has 2 aromatic rings. The van der Waals surface area contributed by atoms with Crippen molar-refractivity contribution in [2.24, 2.45) is 0 Å². The first-order valence-corrected chi connectivity index (χ1v) is 8.47. The summed E-state index contributed by atoms with van der Waals surface area (Å²) in [6.07, 6.45) is 1.47. The number of aromatic nitrogens is 1. The molecular formula is C14H16ClN3O2S. The normalized spacial score (nSPS) is 11.1. The smallest absolute Gasteiger partial charge is 0.232 e. The van der Waals surface area contributed by atoms with Crippen LogP contribution in [0.5, 0.6) is 0 Å². The van der Waals surface area contributed by atoms with E-state index in [2.05, 4.69) is 15.0 Å². The van der Waals surface area contributed by atoms with Gasteiger partial charge in [0.2, 0.25) is 10.0 Å². The number of nitrogens with one attached hydrogen (secondary N) is 2. The van der Waals surface area contributed by atoms with E-state index in [0.717, 1.165) is 5.56 Å². The monoisotopic (exact) mass is 325 g/mol. The lowest BCUT2D eigenvalue weighted by molar-refractivity contribution is 0.602. The summed E-state index contributed by atoms with van der Waals surface area (Å²) in [5.41, 5.74) is 1.41. The lowest BCUT2D eigenvalue weighted by atomic mass is 10.2. The first-order chi connectivity index (χ1) is 10.00. The highest BCUT2D eigenvalue weighted by molar-refractivity contribution is 7.92. The maximum Gasteiger partial charge on any atom is 0.232 e. The summed E-state index contributed by atoms with van der Waals surface area (Å²) < 4.78 is 25.3. The van der Waals surface area contributed by atoms with Crippen molar-refractivity contribution in [3.63, 3.8) is 0 Å². The second-order valence-corrected chi connectivity index (χ2v) is 6.80. The Hall–Kier alpha value is -1.79. The Morgan fingerprint density at radius 2 is 1.95 bits per heavy atom. The average Bonchev–Trinajstić information content (AvgIpc) is 2.48. The summed E-state index contributed by atoms with van der Waals surface area (Å²) in [7, 11) is -3.27. The van der Waals surface area contributed by atoms with Crippen LogP contribution >= 0.6 is 11.6 Å². The Morgan fingerprint density at radius 1 is 1.19 bits per heavy atom. The highest BCUT2D eigenvalue weighted by atomic mass is 35.5. The largest absolute Gasteiger partial charge is 0.366 e. The second-order valence-electron chi connectivity index (χ2n) is 4.38. The number of sulfonamides is 1. The number of halogens is 1. The maximum absolute atomic E-state index is 11.4. The van der Waals surface area contributed by atoms with E-state index in [4.69, 9.17) is 11.6 Å². The molecule has 0 atom stereocenters. The molecule has 0 saturated carbocycles. The van der Waals surface area contributed by atoms with Gasteiger partial charge in [0.25, 0.3) is 0 Å². The molecule has 5 nitrogen and oxygen atoms in total. The molecule has 0 aliphatic heterocycles. The van der Waals surface area contributed by atoms with Gasteiger partial charge in [-0.15, -0.1) is 0 Å². The topological polar surface area (TPSA) is 71.1 Å². The summed E-state index contributed by atoms with van der Waals surface area (Å²) >= 11 is 6.07. The molecule has 0 radical (unpaired) electrons. The van der Waals surface area contributed by atoms with Gasteiger partial charge in [0.15, 0.2) is 0 Å². The first kappa shape index (κ1) is 15.6. The van der Waals surface area contributed by atoms with Crippen molar-refractivity contribution in [1.82, 2.24) is 4.98 Å². The van der Waals surface area contributed by atoms with Gasteiger partial charge in [-0.05, 0) is 30.7 Å². The van der Waals surface area contributed by atoms with Crippen molar-refractivity contribution >= 4 is 33.1 Å². The molecule has 0 aliphatic carbocycles. The molecule has 0 amide bonds. The van der Waals surface area contributed by atoms with Crippen molar-refractivity contribution < 1.29 is 8.42 Å². The van der Waals surface area contributed by atoms with Crippen LogP contribution in [0.15, 0.2) is 42.6 Å². The third-order valence-corrected chi connectivity index (χ3v) is 4.51. The van der Waals surface area contributed by atoms with Crippen LogP contribution in [0.25, 0.3) is 0 Å². The third kappa shape index (κ3) is 4.61. The van der Waals surface area contributed by atoms with Gasteiger partial charge >= 0.3 is 0 Å². The average molecular weight is 326 g/mol. The molecule has 1 aromatic carbocycles. The molecule has 21 heavy (non-hydrogen) atoms. The van der Waals surface area contributed by atoms with Gasteiger partial charge in [-0.25, -0.2) is 13.4 Å². The number of nitrogens with zero attached hydrogens (tertiary/aromatic N) is 1. The van der Waals surface area contributed by atoms with Gasteiger partial charge in [0, 0.05) is 11.6 Å². The Kier molecular flexibility index (Phi) is 5.03. The summed E-state index contributed by atoms with van der Waals surface area (Å²) in [6, 6.07) is 10.9. The molecule has 1 heterocycles. The highest BCUT2D eigenvalue weighted by Crippen LogP contribution is 2.17. The molecular weight excluding hydrogens is 310 g/mol. The lowest BCUT2D eigenvalue weighted by Gasteiger charge is -2.09. The lowest BCUT2D eigenvalue weighted by Crippen LogP contribution is -2.14. The Labute approximate surface area is 129 Å². The van der Waals surface area contributed by atoms with Crippen LogP contribution in [0.4, 0.5) is 11.5 Å². The zero-order valence-corrected chi connectivity index (χ0v) is 13.1. The standard InChI is InChI=1S/C14H16ClN3O2S/c1-2-21(19,20)18-12-7-8-14(17-10-12)16-9-11-5-3-4-6-13(11)15/h3-8,10,18H,2,9H2,1H3,(H,16,17). The van der Waals surface area contributed by atoms with Crippen LogP contribution in [-0.2, 0) is 16.6 Å². The Morgan fingerprint density at radius 3 is 2.57 bits per heavy atom. The van der Waals surface area contributed by atoms with Crippen LogP contribution in [0.3, 0.4) is 0 Å². The quantitative estimate of drug-likeness (QED) is 0.856. The van der Waals surface area contributed by atoms with E-state index in [1.54, 1.807) is 19.1 Å². The molecule has 0 saturated heterocycles. The molecule has 0 bridgehead atoms. The molecule has 112 valence electrons. The molecule has 7 heteroatoms. The number of pyridine rings is 1. The fraction of sp³-hybridized carbons (Fsp3) is 0.214. The van der Waals surface area contributed by atoms with Crippen LogP contribution in [0.2, 0.25) is 5.02 Å². The van der Waals surface area contributed by atoms with Gasteiger partial charge in [-0.1, -0.05) is 29.8 Å². The van der Waals surface area contributed by atoms with Gasteiger partial charge in [-0.2, -0.15) is 0 Å². The molecule has 0 aliphatic rings. The minimum absolute atomic E-state index is 0.0273. The summed E-state index contributed by atoms with van der Waals surface area (Å²) in [4.78, 5) is 4.16. The second kappa shape index (κ2) is 6.78. The fourth-order valence-corrected chi connectivity index (χ4v) is 2.46. The number of hydrogen-bond acceptors (Lipinski definition) is 4. The fourth-order valence-electron chi connectivity index (χ4n) is 1.64. The van der Waals surface area contributed by atoms with E-state index >= 15 is 0 Å². The van der Waals surface area contributed by atoms with E-state index in [9.17, 15) is 8.42 Å². The van der Waals surface area contributed by atoms with E-state index in [-0.39, 0.29) is 5.75 Å². The Balaban J connectivity index is 1.98. The van der Waals surface area contributed by atoms with E-state index < -0.39 is 10.0 Å². The van der Waals surface area contributed by atoms with Gasteiger partial charge in [-0.3, -0.25) is 4.72 Å². The maximum atomic E-state index is 11.4. The molecule has 0 unspecified atom stereocenters. The SMILES string of the molecule is CCS(=O)(=O)Nc1ccc(NCc2ccccc2Cl)nc1. The van der Waals surface area contributed by atoms with Crippen molar-refractivity contribution in [3.8, 4) is 0 Å². The van der Waals surface area contributed by atoms with Gasteiger partial charge in [0.05, 0.1) is 17.6 Å². The van der Waals surface area contributed by atoms with Crippen LogP contribution in [0, 0.1) is 0 Å². The van der Waals surface area contributed by atoms with Gasteiger partial charge < -0.3 is 5.32 Å². The number of benzene rings is 1. The first-order valence-electron chi connectivity index (χ1n) is 6.44. The highest BCUT2D eigenvalue weighted by Gasteiger charge is 2.06. The van der Waals surface area contributed by atoms with Crippen molar-refractivity contribution in [1.29, 1.82) is 0 Å². The summed E-state index contributed by atoms with van der Waals surface area (Å²) in [6.45, 7) is 2.13. The third-order valence-electron chi connectivity index (χ3n) is 2.83.